The van der Waals surface area contributed by atoms with Gasteiger partial charge in [-0.15, -0.1) is 0 Å². The summed E-state index contributed by atoms with van der Waals surface area (Å²) in [6.07, 6.45) is 7.49. The fraction of sp³-hybridized carbons (Fsp3) is 0.478. The molecule has 0 radical (unpaired) electrons. The van der Waals surface area contributed by atoms with Gasteiger partial charge >= 0.3 is 0 Å². The molecule has 1 aliphatic carbocycles. The standard InChI is InChI=1S/C23H31NO2/c1-24(17-14-19-12-13-21(25-2)22(18-19)26-3)23(15-8-5-9-16-23)20-10-6-4-7-11-20/h4,6-7,10-13,18H,5,8-9,14-17H2,1-3H3. The number of nitrogens with zero attached hydrogens (tertiary/aromatic N) is 1. The van der Waals surface area contributed by atoms with Crippen molar-refractivity contribution < 1.29 is 9.47 Å². The maximum Gasteiger partial charge on any atom is 0.160 e. The van der Waals surface area contributed by atoms with E-state index < -0.39 is 0 Å². The van der Waals surface area contributed by atoms with E-state index in [0.717, 1.165) is 24.5 Å². The van der Waals surface area contributed by atoms with Gasteiger partial charge in [-0.3, -0.25) is 4.90 Å². The van der Waals surface area contributed by atoms with E-state index in [-0.39, 0.29) is 5.54 Å². The number of benzene rings is 2. The smallest absolute Gasteiger partial charge is 0.160 e. The molecule has 0 amide bonds. The molecule has 0 atom stereocenters. The molecule has 0 N–H and O–H groups in total. The topological polar surface area (TPSA) is 21.7 Å². The van der Waals surface area contributed by atoms with Crippen molar-refractivity contribution in [3.8, 4) is 11.5 Å². The van der Waals surface area contributed by atoms with E-state index in [1.807, 2.05) is 6.07 Å². The summed E-state index contributed by atoms with van der Waals surface area (Å²) < 4.78 is 10.8. The van der Waals surface area contributed by atoms with Gasteiger partial charge in [0.15, 0.2) is 11.5 Å². The second kappa shape index (κ2) is 8.59. The monoisotopic (exact) mass is 353 g/mol. The minimum atomic E-state index is 0.177. The molecule has 3 heteroatoms. The second-order valence-electron chi connectivity index (χ2n) is 7.32. The lowest BCUT2D eigenvalue weighted by atomic mass is 9.75. The van der Waals surface area contributed by atoms with Gasteiger partial charge in [0.05, 0.1) is 14.2 Å². The first-order valence-electron chi connectivity index (χ1n) is 9.67. The Kier molecular flexibility index (Phi) is 6.20. The minimum Gasteiger partial charge on any atom is -0.493 e. The molecule has 0 aliphatic heterocycles. The number of hydrogen-bond donors (Lipinski definition) is 0. The van der Waals surface area contributed by atoms with E-state index >= 15 is 0 Å². The highest BCUT2D eigenvalue weighted by atomic mass is 16.5. The summed E-state index contributed by atoms with van der Waals surface area (Å²) in [5.74, 6) is 1.60. The first kappa shape index (κ1) is 18.8. The highest BCUT2D eigenvalue weighted by Gasteiger charge is 2.37. The molecule has 2 aromatic carbocycles. The summed E-state index contributed by atoms with van der Waals surface area (Å²) in [6, 6.07) is 17.3. The zero-order valence-electron chi connectivity index (χ0n) is 16.3. The molecule has 1 fully saturated rings. The van der Waals surface area contributed by atoms with Crippen LogP contribution in [0.15, 0.2) is 48.5 Å². The molecule has 26 heavy (non-hydrogen) atoms. The van der Waals surface area contributed by atoms with Crippen LogP contribution in [0.25, 0.3) is 0 Å². The quantitative estimate of drug-likeness (QED) is 0.696. The molecule has 0 bridgehead atoms. The third-order valence-corrected chi connectivity index (χ3v) is 5.91. The Morgan fingerprint density at radius 1 is 0.885 bits per heavy atom. The van der Waals surface area contributed by atoms with Crippen LogP contribution in [-0.4, -0.2) is 32.7 Å². The molecular formula is C23H31NO2. The molecule has 0 aromatic heterocycles. The molecule has 2 aromatic rings. The van der Waals surface area contributed by atoms with Crippen molar-refractivity contribution in [3.05, 3.63) is 59.7 Å². The predicted octanol–water partition coefficient (Wildman–Crippen LogP) is 5.04. The maximum atomic E-state index is 5.45. The molecule has 140 valence electrons. The lowest BCUT2D eigenvalue weighted by Crippen LogP contribution is -2.46. The number of methoxy groups -OCH3 is 2. The average molecular weight is 354 g/mol. The molecule has 0 saturated heterocycles. The maximum absolute atomic E-state index is 5.45. The summed E-state index contributed by atoms with van der Waals surface area (Å²) in [5.41, 5.74) is 2.93. The van der Waals surface area contributed by atoms with E-state index in [1.54, 1.807) is 14.2 Å². The van der Waals surface area contributed by atoms with Gasteiger partial charge in [0.2, 0.25) is 0 Å². The summed E-state index contributed by atoms with van der Waals surface area (Å²) in [7, 11) is 5.66. The summed E-state index contributed by atoms with van der Waals surface area (Å²) in [5, 5.41) is 0. The molecular weight excluding hydrogens is 322 g/mol. The van der Waals surface area contributed by atoms with Crippen LogP contribution in [0.1, 0.15) is 43.2 Å². The van der Waals surface area contributed by atoms with Crippen LogP contribution in [0.3, 0.4) is 0 Å². The number of hydrogen-bond acceptors (Lipinski definition) is 3. The predicted molar refractivity (Wildman–Crippen MR) is 107 cm³/mol. The Morgan fingerprint density at radius 2 is 1.58 bits per heavy atom. The van der Waals surface area contributed by atoms with Gasteiger partial charge in [0.1, 0.15) is 0 Å². The van der Waals surface area contributed by atoms with Gasteiger partial charge in [-0.25, -0.2) is 0 Å². The molecule has 1 aliphatic rings. The van der Waals surface area contributed by atoms with Crippen molar-refractivity contribution in [2.24, 2.45) is 0 Å². The van der Waals surface area contributed by atoms with Crippen LogP contribution in [0.4, 0.5) is 0 Å². The molecule has 0 heterocycles. The van der Waals surface area contributed by atoms with Crippen molar-refractivity contribution in [2.45, 2.75) is 44.1 Å². The van der Waals surface area contributed by atoms with Gasteiger partial charge in [-0.1, -0.05) is 55.7 Å². The van der Waals surface area contributed by atoms with Crippen LogP contribution in [-0.2, 0) is 12.0 Å². The molecule has 1 saturated carbocycles. The molecule has 0 spiro atoms. The summed E-state index contributed by atoms with van der Waals surface area (Å²) in [4.78, 5) is 2.58. The number of ether oxygens (including phenoxy) is 2. The van der Waals surface area contributed by atoms with Crippen LogP contribution in [0, 0.1) is 0 Å². The van der Waals surface area contributed by atoms with Gasteiger partial charge in [0, 0.05) is 12.1 Å². The Balaban J connectivity index is 1.75. The van der Waals surface area contributed by atoms with Crippen LogP contribution < -0.4 is 9.47 Å². The minimum absolute atomic E-state index is 0.177. The Morgan fingerprint density at radius 3 is 2.23 bits per heavy atom. The van der Waals surface area contributed by atoms with Crippen LogP contribution in [0.5, 0.6) is 11.5 Å². The zero-order valence-corrected chi connectivity index (χ0v) is 16.3. The summed E-state index contributed by atoms with van der Waals surface area (Å²) >= 11 is 0. The fourth-order valence-electron chi connectivity index (χ4n) is 4.32. The second-order valence-corrected chi connectivity index (χ2v) is 7.32. The molecule has 0 unspecified atom stereocenters. The van der Waals surface area contributed by atoms with Crippen molar-refractivity contribution in [1.82, 2.24) is 4.90 Å². The first-order chi connectivity index (χ1) is 12.7. The Hall–Kier alpha value is -2.00. The molecule has 3 rings (SSSR count). The van der Waals surface area contributed by atoms with Crippen LogP contribution >= 0.6 is 0 Å². The zero-order chi connectivity index (χ0) is 18.4. The van der Waals surface area contributed by atoms with E-state index in [0.29, 0.717) is 0 Å². The van der Waals surface area contributed by atoms with Gasteiger partial charge in [-0.2, -0.15) is 0 Å². The molecule has 3 nitrogen and oxygen atoms in total. The Bertz CT molecular complexity index is 693. The third kappa shape index (κ3) is 3.88. The van der Waals surface area contributed by atoms with E-state index in [9.17, 15) is 0 Å². The summed E-state index contributed by atoms with van der Waals surface area (Å²) in [6.45, 7) is 1.03. The normalized spacial score (nSPS) is 16.5. The van der Waals surface area contributed by atoms with Crippen molar-refractivity contribution in [2.75, 3.05) is 27.8 Å². The SMILES string of the molecule is COc1ccc(CCN(C)C2(c3ccccc3)CCCCC2)cc1OC. The van der Waals surface area contributed by atoms with E-state index in [2.05, 4.69) is 54.4 Å². The van der Waals surface area contributed by atoms with Gasteiger partial charge in [0.25, 0.3) is 0 Å². The van der Waals surface area contributed by atoms with Crippen LogP contribution in [0.2, 0.25) is 0 Å². The highest BCUT2D eigenvalue weighted by Crippen LogP contribution is 2.41. The lowest BCUT2D eigenvalue weighted by molar-refractivity contribution is 0.0736. The first-order valence-corrected chi connectivity index (χ1v) is 9.67. The third-order valence-electron chi connectivity index (χ3n) is 5.91. The number of likely N-dealkylation sites (N-methyl/N-ethyl adjacent to an activating group) is 1. The van der Waals surface area contributed by atoms with Crippen molar-refractivity contribution in [1.29, 1.82) is 0 Å². The van der Waals surface area contributed by atoms with Crippen molar-refractivity contribution in [3.63, 3.8) is 0 Å². The largest absolute Gasteiger partial charge is 0.493 e. The van der Waals surface area contributed by atoms with Gasteiger partial charge in [-0.05, 0) is 49.6 Å². The van der Waals surface area contributed by atoms with Crippen molar-refractivity contribution >= 4 is 0 Å². The highest BCUT2D eigenvalue weighted by molar-refractivity contribution is 5.43. The van der Waals surface area contributed by atoms with E-state index in [4.69, 9.17) is 9.47 Å². The van der Waals surface area contributed by atoms with Gasteiger partial charge < -0.3 is 9.47 Å². The van der Waals surface area contributed by atoms with E-state index in [1.165, 1.54) is 43.2 Å². The average Bonchev–Trinajstić information content (AvgIpc) is 2.72. The fourth-order valence-corrected chi connectivity index (χ4v) is 4.32. The Labute approximate surface area is 157 Å². The lowest BCUT2D eigenvalue weighted by Gasteiger charge is -2.45. The number of rotatable bonds is 7.